The Hall–Kier alpha value is -2.24. The quantitative estimate of drug-likeness (QED) is 0.519. The fourth-order valence-corrected chi connectivity index (χ4v) is 0.957. The second-order valence-electron chi connectivity index (χ2n) is 3.44. The number of nitrogens with zero attached hydrogens (tertiary/aromatic N) is 2. The highest BCUT2D eigenvalue weighted by molar-refractivity contribution is 5.67. The van der Waals surface area contributed by atoms with E-state index in [4.69, 9.17) is 0 Å². The van der Waals surface area contributed by atoms with E-state index in [0.717, 1.165) is 27.7 Å². The summed E-state index contributed by atoms with van der Waals surface area (Å²) >= 11 is 0. The summed E-state index contributed by atoms with van der Waals surface area (Å²) in [4.78, 5) is 61.4. The highest BCUT2D eigenvalue weighted by atomic mass is 17.0. The van der Waals surface area contributed by atoms with Gasteiger partial charge in [0.15, 0.2) is 0 Å². The molecule has 0 bridgehead atoms. The van der Waals surface area contributed by atoms with Gasteiger partial charge in [0.05, 0.1) is 13.1 Å². The molecular formula is C10H18N2O9. The van der Waals surface area contributed by atoms with Crippen molar-refractivity contribution in [2.24, 2.45) is 0 Å². The van der Waals surface area contributed by atoms with Crippen molar-refractivity contribution in [3.8, 4) is 0 Å². The van der Waals surface area contributed by atoms with Crippen LogP contribution in [0, 0.1) is 0 Å². The fourth-order valence-electron chi connectivity index (χ4n) is 0.957. The minimum absolute atomic E-state index is 0. The fraction of sp³-hybridized carbons (Fsp3) is 0.600. The lowest BCUT2D eigenvalue weighted by atomic mass is 10.7. The largest absolute Gasteiger partial charge is 0.412 e. The van der Waals surface area contributed by atoms with Crippen molar-refractivity contribution in [1.29, 1.82) is 0 Å². The van der Waals surface area contributed by atoms with E-state index in [1.165, 1.54) is 0 Å². The molecule has 11 heteroatoms. The van der Waals surface area contributed by atoms with Crippen LogP contribution in [0.25, 0.3) is 0 Å². The van der Waals surface area contributed by atoms with Gasteiger partial charge in [-0.2, -0.15) is 0 Å². The van der Waals surface area contributed by atoms with Crippen molar-refractivity contribution in [2.75, 3.05) is 13.1 Å². The molecule has 122 valence electrons. The third kappa shape index (κ3) is 12.5. The van der Waals surface area contributed by atoms with Crippen molar-refractivity contribution in [3.05, 3.63) is 0 Å². The first-order chi connectivity index (χ1) is 9.20. The lowest BCUT2D eigenvalue weighted by molar-refractivity contribution is -0.354. The van der Waals surface area contributed by atoms with E-state index in [2.05, 4.69) is 19.4 Å². The predicted octanol–water partition coefficient (Wildman–Crippen LogP) is -1.32. The summed E-state index contributed by atoms with van der Waals surface area (Å²) in [7, 11) is 0. The minimum Gasteiger partial charge on any atom is -0.412 e. The zero-order valence-electron chi connectivity index (χ0n) is 12.1. The van der Waals surface area contributed by atoms with E-state index in [1.54, 1.807) is 0 Å². The summed E-state index contributed by atoms with van der Waals surface area (Å²) in [6.07, 6.45) is 0. The van der Waals surface area contributed by atoms with Crippen LogP contribution in [0.3, 0.4) is 0 Å². The first-order valence-corrected chi connectivity index (χ1v) is 5.50. The van der Waals surface area contributed by atoms with Crippen LogP contribution in [0.15, 0.2) is 0 Å². The molecule has 0 aliphatic heterocycles. The lowest BCUT2D eigenvalue weighted by Crippen LogP contribution is -2.38. The number of hydrogen-bond donors (Lipinski definition) is 0. The van der Waals surface area contributed by atoms with Crippen molar-refractivity contribution in [1.82, 2.24) is 10.5 Å². The molecule has 21 heavy (non-hydrogen) atoms. The Morgan fingerprint density at radius 1 is 0.619 bits per heavy atom. The standard InChI is InChI=1S/C10H16N2O8.H2O/c1-7(13)17-11(18-8(2)14)5-6-12(19-9(3)15)20-10(4)16;/h5-6H2,1-4H3;1H2. The van der Waals surface area contributed by atoms with Gasteiger partial charge in [-0.1, -0.05) is 0 Å². The maximum Gasteiger partial charge on any atom is 0.326 e. The Morgan fingerprint density at radius 2 is 0.810 bits per heavy atom. The molecule has 0 saturated heterocycles. The summed E-state index contributed by atoms with van der Waals surface area (Å²) in [6, 6.07) is 0. The molecule has 11 nitrogen and oxygen atoms in total. The molecule has 0 aromatic rings. The topological polar surface area (TPSA) is 143 Å². The zero-order valence-corrected chi connectivity index (χ0v) is 12.1. The average molecular weight is 310 g/mol. The smallest absolute Gasteiger partial charge is 0.326 e. The van der Waals surface area contributed by atoms with Gasteiger partial charge in [-0.15, -0.1) is 0 Å². The zero-order chi connectivity index (χ0) is 15.7. The normalized spacial score (nSPS) is 9.62. The molecule has 0 radical (unpaired) electrons. The molecule has 0 fully saturated rings. The molecule has 0 aliphatic carbocycles. The number of hydroxylamine groups is 4. The van der Waals surface area contributed by atoms with Crippen molar-refractivity contribution >= 4 is 23.9 Å². The number of carbonyl (C=O) groups is 4. The summed E-state index contributed by atoms with van der Waals surface area (Å²) in [5.41, 5.74) is 0. The van der Waals surface area contributed by atoms with E-state index in [9.17, 15) is 19.2 Å². The minimum atomic E-state index is -0.724. The van der Waals surface area contributed by atoms with Gasteiger partial charge in [0, 0.05) is 38.1 Å². The van der Waals surface area contributed by atoms with E-state index >= 15 is 0 Å². The average Bonchev–Trinajstić information content (AvgIpc) is 2.22. The van der Waals surface area contributed by atoms with E-state index in [-0.39, 0.29) is 18.6 Å². The number of carbonyl (C=O) groups excluding carboxylic acids is 4. The van der Waals surface area contributed by atoms with Crippen LogP contribution in [-0.4, -0.2) is 52.9 Å². The Labute approximate surface area is 120 Å². The Bertz CT molecular complexity index is 317. The molecule has 0 aromatic carbocycles. The Balaban J connectivity index is 0. The van der Waals surface area contributed by atoms with Gasteiger partial charge in [-0.25, -0.2) is 0 Å². The predicted molar refractivity (Wildman–Crippen MR) is 64.1 cm³/mol. The first kappa shape index (κ1) is 21.1. The summed E-state index contributed by atoms with van der Waals surface area (Å²) in [5, 5.41) is 1.15. The van der Waals surface area contributed by atoms with Gasteiger partial charge >= 0.3 is 23.9 Å². The second kappa shape index (κ2) is 10.5. The van der Waals surface area contributed by atoms with Gasteiger partial charge in [0.1, 0.15) is 0 Å². The van der Waals surface area contributed by atoms with Crippen molar-refractivity contribution in [2.45, 2.75) is 27.7 Å². The molecule has 0 amide bonds. The molecule has 0 aromatic heterocycles. The van der Waals surface area contributed by atoms with Gasteiger partial charge in [-0.05, 0) is 0 Å². The molecular weight excluding hydrogens is 292 g/mol. The summed E-state index contributed by atoms with van der Waals surface area (Å²) in [6.45, 7) is 3.97. The highest BCUT2D eigenvalue weighted by Crippen LogP contribution is 1.99. The Kier molecular flexibility index (Phi) is 10.6. The number of rotatable bonds is 7. The maximum atomic E-state index is 10.8. The molecule has 0 saturated carbocycles. The van der Waals surface area contributed by atoms with E-state index in [1.807, 2.05) is 0 Å². The third-order valence-corrected chi connectivity index (χ3v) is 1.39. The molecule has 0 spiro atoms. The van der Waals surface area contributed by atoms with Crippen LogP contribution in [-0.2, 0) is 38.5 Å². The van der Waals surface area contributed by atoms with Gasteiger partial charge in [0.2, 0.25) is 0 Å². The lowest BCUT2D eigenvalue weighted by Gasteiger charge is -2.22. The van der Waals surface area contributed by atoms with Gasteiger partial charge in [-0.3, -0.25) is 19.2 Å². The highest BCUT2D eigenvalue weighted by Gasteiger charge is 2.18. The SMILES string of the molecule is CC(=O)ON(CCN(OC(C)=O)OC(C)=O)OC(C)=O.O. The molecule has 2 N–H and O–H groups in total. The molecule has 0 rings (SSSR count). The van der Waals surface area contributed by atoms with Crippen LogP contribution in [0.5, 0.6) is 0 Å². The Morgan fingerprint density at radius 3 is 0.952 bits per heavy atom. The first-order valence-electron chi connectivity index (χ1n) is 5.50. The monoisotopic (exact) mass is 310 g/mol. The third-order valence-electron chi connectivity index (χ3n) is 1.39. The van der Waals surface area contributed by atoms with Gasteiger partial charge < -0.3 is 24.8 Å². The van der Waals surface area contributed by atoms with Crippen LogP contribution >= 0.6 is 0 Å². The molecule has 0 atom stereocenters. The number of hydrogen-bond acceptors (Lipinski definition) is 10. The van der Waals surface area contributed by atoms with Crippen LogP contribution < -0.4 is 0 Å². The second-order valence-corrected chi connectivity index (χ2v) is 3.44. The van der Waals surface area contributed by atoms with Crippen molar-refractivity contribution in [3.63, 3.8) is 0 Å². The van der Waals surface area contributed by atoms with Crippen LogP contribution in [0.2, 0.25) is 0 Å². The van der Waals surface area contributed by atoms with E-state index in [0.29, 0.717) is 10.5 Å². The van der Waals surface area contributed by atoms with Crippen molar-refractivity contribution < 1.29 is 44.0 Å². The van der Waals surface area contributed by atoms with Crippen LogP contribution in [0.4, 0.5) is 0 Å². The molecule has 0 heterocycles. The molecule has 0 unspecified atom stereocenters. The van der Waals surface area contributed by atoms with Crippen LogP contribution in [0.1, 0.15) is 27.7 Å². The molecule has 0 aliphatic rings. The summed E-state index contributed by atoms with van der Waals surface area (Å²) < 4.78 is 0. The van der Waals surface area contributed by atoms with Gasteiger partial charge in [0.25, 0.3) is 0 Å². The maximum absolute atomic E-state index is 10.8. The summed E-state index contributed by atoms with van der Waals surface area (Å²) in [5.74, 6) is -2.90. The van der Waals surface area contributed by atoms with E-state index < -0.39 is 23.9 Å².